The molecular formula is C19H16N4O3. The lowest BCUT2D eigenvalue weighted by atomic mass is 9.97. The van der Waals surface area contributed by atoms with Crippen LogP contribution >= 0.6 is 0 Å². The van der Waals surface area contributed by atoms with Crippen molar-refractivity contribution in [3.63, 3.8) is 0 Å². The van der Waals surface area contributed by atoms with Gasteiger partial charge in [-0.3, -0.25) is 14.7 Å². The highest BCUT2D eigenvalue weighted by atomic mass is 16.4. The largest absolute Gasteiger partial charge is 0.439 e. The number of urea groups is 1. The molecule has 2 aromatic heterocycles. The number of hydrogen-bond donors (Lipinski definition) is 1. The Kier molecular flexibility index (Phi) is 3.76. The molecule has 3 amide bonds. The summed E-state index contributed by atoms with van der Waals surface area (Å²) in [5.74, 6) is 0.485. The summed E-state index contributed by atoms with van der Waals surface area (Å²) < 4.78 is 5.70. The number of benzene rings is 1. The number of imide groups is 1. The van der Waals surface area contributed by atoms with Crippen LogP contribution in [0.5, 0.6) is 0 Å². The maximum atomic E-state index is 12.9. The predicted molar refractivity (Wildman–Crippen MR) is 92.6 cm³/mol. The van der Waals surface area contributed by atoms with Gasteiger partial charge in [-0.25, -0.2) is 9.78 Å². The van der Waals surface area contributed by atoms with E-state index in [-0.39, 0.29) is 18.3 Å². The lowest BCUT2D eigenvalue weighted by Crippen LogP contribution is -2.41. The van der Waals surface area contributed by atoms with Crippen molar-refractivity contribution in [2.45, 2.75) is 19.0 Å². The minimum absolute atomic E-state index is 0.0417. The molecule has 4 rings (SSSR count). The average Bonchev–Trinajstić information content (AvgIpc) is 3.23. The van der Waals surface area contributed by atoms with Gasteiger partial charge in [0.25, 0.3) is 5.91 Å². The minimum Gasteiger partial charge on any atom is -0.439 e. The van der Waals surface area contributed by atoms with E-state index in [4.69, 9.17) is 4.42 Å². The van der Waals surface area contributed by atoms with Crippen molar-refractivity contribution in [1.82, 2.24) is 20.2 Å². The zero-order valence-corrected chi connectivity index (χ0v) is 14.0. The molecule has 3 aromatic rings. The summed E-state index contributed by atoms with van der Waals surface area (Å²) in [7, 11) is 0. The third kappa shape index (κ3) is 2.63. The number of aromatic nitrogens is 2. The van der Waals surface area contributed by atoms with E-state index in [1.807, 2.05) is 30.3 Å². The first-order valence-corrected chi connectivity index (χ1v) is 8.14. The first-order valence-electron chi connectivity index (χ1n) is 8.14. The van der Waals surface area contributed by atoms with Crippen LogP contribution in [0.1, 0.15) is 18.5 Å². The number of pyridine rings is 1. The van der Waals surface area contributed by atoms with Crippen LogP contribution in [0.25, 0.3) is 11.3 Å². The molecule has 3 heterocycles. The van der Waals surface area contributed by atoms with Gasteiger partial charge < -0.3 is 9.73 Å². The van der Waals surface area contributed by atoms with Crippen molar-refractivity contribution in [2.75, 3.05) is 0 Å². The Morgan fingerprint density at radius 2 is 1.85 bits per heavy atom. The quantitative estimate of drug-likeness (QED) is 0.732. The highest BCUT2D eigenvalue weighted by molar-refractivity contribution is 6.06. The molecular weight excluding hydrogens is 332 g/mol. The summed E-state index contributed by atoms with van der Waals surface area (Å²) in [6.07, 6.45) is 3.17. The van der Waals surface area contributed by atoms with Crippen LogP contribution in [0.2, 0.25) is 0 Å². The van der Waals surface area contributed by atoms with Gasteiger partial charge in [-0.2, -0.15) is 0 Å². The summed E-state index contributed by atoms with van der Waals surface area (Å²) in [6, 6.07) is 14.2. The van der Waals surface area contributed by atoms with Crippen LogP contribution in [-0.2, 0) is 16.9 Å². The van der Waals surface area contributed by atoms with Gasteiger partial charge in [-0.05, 0) is 19.1 Å². The van der Waals surface area contributed by atoms with Gasteiger partial charge >= 0.3 is 6.03 Å². The number of nitrogens with zero attached hydrogens (tertiary/aromatic N) is 3. The van der Waals surface area contributed by atoms with Gasteiger partial charge in [0.15, 0.2) is 11.3 Å². The van der Waals surface area contributed by atoms with Gasteiger partial charge in [0.05, 0.1) is 11.9 Å². The number of carbonyl (C=O) groups is 2. The second-order valence-corrected chi connectivity index (χ2v) is 6.15. The fourth-order valence-electron chi connectivity index (χ4n) is 2.93. The Balaban J connectivity index is 1.57. The molecule has 7 heteroatoms. The molecule has 1 fully saturated rings. The van der Waals surface area contributed by atoms with Crippen molar-refractivity contribution in [3.05, 3.63) is 72.5 Å². The molecule has 1 aliphatic rings. The normalized spacial score (nSPS) is 19.7. The average molecular weight is 348 g/mol. The summed E-state index contributed by atoms with van der Waals surface area (Å²) in [4.78, 5) is 34.7. The Hall–Kier alpha value is -3.48. The molecule has 7 nitrogen and oxygen atoms in total. The van der Waals surface area contributed by atoms with Crippen LogP contribution < -0.4 is 5.32 Å². The SMILES string of the molecule is CC1(c2ccccn2)NC(=O)N(Cc2ncc(-c3ccccc3)o2)C1=O. The second kappa shape index (κ2) is 6.11. The van der Waals surface area contributed by atoms with E-state index in [1.54, 1.807) is 37.5 Å². The molecule has 0 saturated carbocycles. The third-order valence-corrected chi connectivity index (χ3v) is 4.36. The van der Waals surface area contributed by atoms with Crippen LogP contribution in [0, 0.1) is 0 Å². The topological polar surface area (TPSA) is 88.3 Å². The molecule has 0 radical (unpaired) electrons. The summed E-state index contributed by atoms with van der Waals surface area (Å²) >= 11 is 0. The van der Waals surface area contributed by atoms with Crippen molar-refractivity contribution in [3.8, 4) is 11.3 Å². The zero-order valence-electron chi connectivity index (χ0n) is 14.0. The van der Waals surface area contributed by atoms with E-state index in [9.17, 15) is 9.59 Å². The molecule has 26 heavy (non-hydrogen) atoms. The first kappa shape index (κ1) is 16.0. The molecule has 1 aliphatic heterocycles. The van der Waals surface area contributed by atoms with Gasteiger partial charge in [0, 0.05) is 11.8 Å². The Labute approximate surface area is 149 Å². The summed E-state index contributed by atoms with van der Waals surface area (Å²) in [5, 5.41) is 2.71. The van der Waals surface area contributed by atoms with Crippen molar-refractivity contribution in [1.29, 1.82) is 0 Å². The maximum Gasteiger partial charge on any atom is 0.325 e. The van der Waals surface area contributed by atoms with Crippen LogP contribution in [0.15, 0.2) is 65.3 Å². The number of carbonyl (C=O) groups excluding carboxylic acids is 2. The minimum atomic E-state index is -1.20. The molecule has 0 spiro atoms. The van der Waals surface area contributed by atoms with Crippen molar-refractivity contribution < 1.29 is 14.0 Å². The first-order chi connectivity index (χ1) is 12.6. The van der Waals surface area contributed by atoms with Gasteiger partial charge in [-0.1, -0.05) is 36.4 Å². The third-order valence-electron chi connectivity index (χ3n) is 4.36. The number of rotatable bonds is 4. The smallest absolute Gasteiger partial charge is 0.325 e. The van der Waals surface area contributed by atoms with E-state index in [1.165, 1.54) is 0 Å². The molecule has 1 aromatic carbocycles. The number of nitrogens with one attached hydrogen (secondary N) is 1. The Morgan fingerprint density at radius 3 is 2.58 bits per heavy atom. The predicted octanol–water partition coefficient (Wildman–Crippen LogP) is 2.70. The standard InChI is InChI=1S/C19H16N4O3/c1-19(15-9-5-6-10-20-15)17(24)23(18(25)22-19)12-16-21-11-14(26-16)13-7-3-2-4-8-13/h2-11H,12H2,1H3,(H,22,25). The molecule has 1 saturated heterocycles. The number of oxazole rings is 1. The van der Waals surface area contributed by atoms with Crippen LogP contribution in [0.4, 0.5) is 4.79 Å². The van der Waals surface area contributed by atoms with Crippen molar-refractivity contribution >= 4 is 11.9 Å². The lowest BCUT2D eigenvalue weighted by molar-refractivity contribution is -0.131. The number of hydrogen-bond acceptors (Lipinski definition) is 5. The molecule has 0 bridgehead atoms. The fraction of sp³-hybridized carbons (Fsp3) is 0.158. The fourth-order valence-corrected chi connectivity index (χ4v) is 2.93. The second-order valence-electron chi connectivity index (χ2n) is 6.15. The highest BCUT2D eigenvalue weighted by Gasteiger charge is 2.50. The highest BCUT2D eigenvalue weighted by Crippen LogP contribution is 2.29. The van der Waals surface area contributed by atoms with Crippen LogP contribution in [-0.4, -0.2) is 26.8 Å². The van der Waals surface area contributed by atoms with E-state index < -0.39 is 11.6 Å². The molecule has 0 aliphatic carbocycles. The molecule has 130 valence electrons. The molecule has 1 atom stereocenters. The Morgan fingerprint density at radius 1 is 1.08 bits per heavy atom. The van der Waals surface area contributed by atoms with Gasteiger partial charge in [-0.15, -0.1) is 0 Å². The lowest BCUT2D eigenvalue weighted by Gasteiger charge is -2.20. The molecule has 1 unspecified atom stereocenters. The monoisotopic (exact) mass is 348 g/mol. The maximum absolute atomic E-state index is 12.9. The number of amides is 3. The van der Waals surface area contributed by atoms with Crippen LogP contribution in [0.3, 0.4) is 0 Å². The van der Waals surface area contributed by atoms with E-state index >= 15 is 0 Å². The van der Waals surface area contributed by atoms with Crippen molar-refractivity contribution in [2.24, 2.45) is 0 Å². The van der Waals surface area contributed by atoms with E-state index in [2.05, 4.69) is 15.3 Å². The Bertz CT molecular complexity index is 955. The summed E-state index contributed by atoms with van der Waals surface area (Å²) in [5.41, 5.74) is 0.160. The van der Waals surface area contributed by atoms with Gasteiger partial charge in [0.1, 0.15) is 6.54 Å². The summed E-state index contributed by atoms with van der Waals surface area (Å²) in [6.45, 7) is 1.60. The van der Waals surface area contributed by atoms with E-state index in [0.717, 1.165) is 10.5 Å². The van der Waals surface area contributed by atoms with Gasteiger partial charge in [0.2, 0.25) is 5.89 Å². The zero-order chi connectivity index (χ0) is 18.1. The molecule has 1 N–H and O–H groups in total. The van der Waals surface area contributed by atoms with E-state index in [0.29, 0.717) is 11.5 Å².